The summed E-state index contributed by atoms with van der Waals surface area (Å²) in [4.78, 5) is 31.5. The molecule has 1 heterocycles. The minimum absolute atomic E-state index is 0.00374. The van der Waals surface area contributed by atoms with Crippen LogP contribution < -0.4 is 10.6 Å². The zero-order chi connectivity index (χ0) is 34.1. The van der Waals surface area contributed by atoms with Crippen molar-refractivity contribution in [3.8, 4) is 0 Å². The van der Waals surface area contributed by atoms with Gasteiger partial charge in [0.2, 0.25) is 5.91 Å². The number of aliphatic hydroxyl groups is 1. The first-order chi connectivity index (χ1) is 23.0. The SMILES string of the molecule is CC(C)CCCC1(C)C(O)CCC2(C)C3CCC4(C(=O)NCCc5cccc(C(=O)NC(C)c6ccccn6)c5)CCCC4C3CCC12. The Bertz CT molecular complexity index is 1430. The van der Waals surface area contributed by atoms with Gasteiger partial charge in [0.15, 0.2) is 0 Å². The van der Waals surface area contributed by atoms with Crippen LogP contribution in [0.2, 0.25) is 0 Å². The first-order valence-corrected chi connectivity index (χ1v) is 19.2. The number of nitrogens with one attached hydrogen (secondary N) is 2. The maximum Gasteiger partial charge on any atom is 0.251 e. The molecule has 0 saturated heterocycles. The van der Waals surface area contributed by atoms with Crippen LogP contribution in [0.3, 0.4) is 0 Å². The van der Waals surface area contributed by atoms with E-state index in [4.69, 9.17) is 0 Å². The highest BCUT2D eigenvalue weighted by atomic mass is 16.3. The van der Waals surface area contributed by atoms with Gasteiger partial charge in [-0.15, -0.1) is 0 Å². The van der Waals surface area contributed by atoms with Crippen LogP contribution in [0.5, 0.6) is 0 Å². The van der Waals surface area contributed by atoms with Crippen LogP contribution >= 0.6 is 0 Å². The summed E-state index contributed by atoms with van der Waals surface area (Å²) < 4.78 is 0. The lowest BCUT2D eigenvalue weighted by atomic mass is 9.40. The molecule has 0 aliphatic heterocycles. The highest BCUT2D eigenvalue weighted by Crippen LogP contribution is 2.69. The van der Waals surface area contributed by atoms with Crippen molar-refractivity contribution < 1.29 is 14.7 Å². The average Bonchev–Trinajstić information content (AvgIpc) is 3.53. The van der Waals surface area contributed by atoms with Crippen molar-refractivity contribution in [1.29, 1.82) is 0 Å². The molecular formula is C42H61N3O3. The van der Waals surface area contributed by atoms with Gasteiger partial charge in [0.1, 0.15) is 0 Å². The van der Waals surface area contributed by atoms with Crippen LogP contribution in [0.25, 0.3) is 0 Å². The highest BCUT2D eigenvalue weighted by molar-refractivity contribution is 5.94. The maximum absolute atomic E-state index is 14.2. The van der Waals surface area contributed by atoms with Crippen LogP contribution in [-0.4, -0.2) is 34.6 Å². The number of aliphatic hydroxyl groups excluding tert-OH is 1. The molecule has 4 saturated carbocycles. The van der Waals surface area contributed by atoms with E-state index in [1.807, 2.05) is 49.4 Å². The fourth-order valence-electron chi connectivity index (χ4n) is 11.5. The van der Waals surface area contributed by atoms with Crippen LogP contribution in [0, 0.1) is 45.8 Å². The lowest BCUT2D eigenvalue weighted by molar-refractivity contribution is -0.187. The molecule has 4 fully saturated rings. The van der Waals surface area contributed by atoms with Crippen LogP contribution in [0.4, 0.5) is 0 Å². The van der Waals surface area contributed by atoms with Gasteiger partial charge in [-0.1, -0.05) is 65.2 Å². The molecule has 4 aliphatic rings. The number of benzene rings is 1. The predicted octanol–water partition coefficient (Wildman–Crippen LogP) is 8.45. The molecule has 48 heavy (non-hydrogen) atoms. The molecule has 6 nitrogen and oxygen atoms in total. The molecular weight excluding hydrogens is 594 g/mol. The van der Waals surface area contributed by atoms with Crippen molar-refractivity contribution in [2.75, 3.05) is 6.54 Å². The fraction of sp³-hybridized carbons (Fsp3) is 0.690. The number of aromatic nitrogens is 1. The van der Waals surface area contributed by atoms with Gasteiger partial charge in [0.25, 0.3) is 5.91 Å². The van der Waals surface area contributed by atoms with Gasteiger partial charge in [-0.2, -0.15) is 0 Å². The number of amides is 2. The minimum atomic E-state index is -0.234. The largest absolute Gasteiger partial charge is 0.393 e. The first kappa shape index (κ1) is 35.1. The molecule has 3 N–H and O–H groups in total. The van der Waals surface area contributed by atoms with Gasteiger partial charge in [-0.05, 0) is 141 Å². The molecule has 2 amide bonds. The standard InChI is InChI=1S/C42H61N3O3/c1-28(2)11-9-21-41(5)36-17-16-32-33(40(36,4)23-19-37(41)46)18-24-42(22-10-14-34(32)42)39(48)44-26-20-30-12-8-13-31(27-30)38(47)45-29(3)35-15-6-7-25-43-35/h6-8,12-13,15,25,27-29,32-34,36-37,46H,9-11,14,16-24,26H2,1-5H3,(H,44,48)(H,45,47). The molecule has 6 heteroatoms. The fourth-order valence-corrected chi connectivity index (χ4v) is 11.5. The summed E-state index contributed by atoms with van der Waals surface area (Å²) in [7, 11) is 0. The van der Waals surface area contributed by atoms with Crippen LogP contribution in [0.15, 0.2) is 48.7 Å². The van der Waals surface area contributed by atoms with E-state index in [9.17, 15) is 14.7 Å². The maximum atomic E-state index is 14.2. The summed E-state index contributed by atoms with van der Waals surface area (Å²) in [5, 5.41) is 17.9. The van der Waals surface area contributed by atoms with Gasteiger partial charge >= 0.3 is 0 Å². The molecule has 9 unspecified atom stereocenters. The van der Waals surface area contributed by atoms with Crippen molar-refractivity contribution in [2.24, 2.45) is 45.8 Å². The molecule has 4 aliphatic carbocycles. The van der Waals surface area contributed by atoms with E-state index in [0.29, 0.717) is 48.1 Å². The Labute approximate surface area is 289 Å². The Morgan fingerprint density at radius 1 is 0.958 bits per heavy atom. The van der Waals surface area contributed by atoms with Crippen LogP contribution in [-0.2, 0) is 11.2 Å². The van der Waals surface area contributed by atoms with Gasteiger partial charge < -0.3 is 15.7 Å². The van der Waals surface area contributed by atoms with Gasteiger partial charge in [-0.25, -0.2) is 0 Å². The van der Waals surface area contributed by atoms with E-state index >= 15 is 0 Å². The number of hydrogen-bond donors (Lipinski definition) is 3. The first-order valence-electron chi connectivity index (χ1n) is 19.2. The Hall–Kier alpha value is -2.73. The number of rotatable bonds is 11. The summed E-state index contributed by atoms with van der Waals surface area (Å²) >= 11 is 0. The molecule has 0 bridgehead atoms. The smallest absolute Gasteiger partial charge is 0.251 e. The molecule has 1 aromatic carbocycles. The molecule has 2 aromatic rings. The van der Waals surface area contributed by atoms with Crippen molar-refractivity contribution in [3.05, 3.63) is 65.5 Å². The number of carbonyl (C=O) groups is 2. The normalized spacial score (nSPS) is 34.9. The second-order valence-corrected chi connectivity index (χ2v) is 17.1. The predicted molar refractivity (Wildman–Crippen MR) is 192 cm³/mol. The molecule has 0 radical (unpaired) electrons. The monoisotopic (exact) mass is 655 g/mol. The second kappa shape index (κ2) is 14.2. The van der Waals surface area contributed by atoms with E-state index in [0.717, 1.165) is 56.2 Å². The topological polar surface area (TPSA) is 91.3 Å². The van der Waals surface area contributed by atoms with Crippen molar-refractivity contribution in [2.45, 2.75) is 130 Å². The molecule has 9 atom stereocenters. The Balaban J connectivity index is 1.08. The summed E-state index contributed by atoms with van der Waals surface area (Å²) in [6.07, 6.45) is 15.8. The summed E-state index contributed by atoms with van der Waals surface area (Å²) in [6, 6.07) is 13.3. The Kier molecular flexibility index (Phi) is 10.4. The van der Waals surface area contributed by atoms with Crippen molar-refractivity contribution >= 4 is 11.8 Å². The summed E-state index contributed by atoms with van der Waals surface area (Å²) in [6.45, 7) is 12.2. The average molecular weight is 656 g/mol. The summed E-state index contributed by atoms with van der Waals surface area (Å²) in [5.74, 6) is 3.18. The number of pyridine rings is 1. The third kappa shape index (κ3) is 6.60. The number of fused-ring (bicyclic) bond motifs is 5. The quantitative estimate of drug-likeness (QED) is 0.227. The number of carbonyl (C=O) groups excluding carboxylic acids is 2. The molecule has 0 spiro atoms. The lowest BCUT2D eigenvalue weighted by Crippen LogP contribution is -2.61. The van der Waals surface area contributed by atoms with Crippen molar-refractivity contribution in [3.63, 3.8) is 0 Å². The minimum Gasteiger partial charge on any atom is -0.393 e. The van der Waals surface area contributed by atoms with E-state index in [2.05, 4.69) is 43.3 Å². The molecule has 6 rings (SSSR count). The van der Waals surface area contributed by atoms with E-state index in [-0.39, 0.29) is 40.2 Å². The Morgan fingerprint density at radius 3 is 2.56 bits per heavy atom. The zero-order valence-electron chi connectivity index (χ0n) is 30.3. The van der Waals surface area contributed by atoms with Gasteiger partial charge in [-0.3, -0.25) is 14.6 Å². The third-order valence-electron chi connectivity index (χ3n) is 14.0. The summed E-state index contributed by atoms with van der Waals surface area (Å²) in [5.41, 5.74) is 2.54. The van der Waals surface area contributed by atoms with E-state index in [1.54, 1.807) is 6.20 Å². The van der Waals surface area contributed by atoms with E-state index < -0.39 is 0 Å². The van der Waals surface area contributed by atoms with Crippen molar-refractivity contribution in [1.82, 2.24) is 15.6 Å². The highest BCUT2D eigenvalue weighted by Gasteiger charge is 2.64. The number of hydrogen-bond acceptors (Lipinski definition) is 4. The van der Waals surface area contributed by atoms with Gasteiger partial charge in [0, 0.05) is 18.3 Å². The molecule has 262 valence electrons. The lowest BCUT2D eigenvalue weighted by Gasteiger charge is -2.65. The van der Waals surface area contributed by atoms with E-state index in [1.165, 1.54) is 32.1 Å². The Morgan fingerprint density at radius 2 is 1.79 bits per heavy atom. The number of nitrogens with zero attached hydrogens (tertiary/aromatic N) is 1. The van der Waals surface area contributed by atoms with Gasteiger partial charge in [0.05, 0.1) is 23.3 Å². The van der Waals surface area contributed by atoms with Crippen LogP contribution in [0.1, 0.15) is 139 Å². The molecule has 1 aromatic heterocycles. The second-order valence-electron chi connectivity index (χ2n) is 17.1. The third-order valence-corrected chi connectivity index (χ3v) is 14.0. The zero-order valence-corrected chi connectivity index (χ0v) is 30.3.